The number of hydrogen-bond acceptors (Lipinski definition) is 15. The zero-order valence-electron chi connectivity index (χ0n) is 51.7. The molecular formula is C59H83BrCs2F4N4O13. The van der Waals surface area contributed by atoms with Crippen LogP contribution in [-0.4, -0.2) is 103 Å². The number of rotatable bonds is 17. The van der Waals surface area contributed by atoms with Crippen molar-refractivity contribution in [3.63, 3.8) is 0 Å². The van der Waals surface area contributed by atoms with E-state index in [1.165, 1.54) is 23.3 Å². The number of hydrogen-bond donors (Lipinski definition) is 6. The molecule has 2 aliphatic rings. The predicted molar refractivity (Wildman–Crippen MR) is 301 cm³/mol. The third kappa shape index (κ3) is 29.1. The van der Waals surface area contributed by atoms with E-state index in [0.29, 0.717) is 24.3 Å². The van der Waals surface area contributed by atoms with Crippen LogP contribution in [0.4, 0.5) is 27.2 Å². The molecule has 0 bridgehead atoms. The van der Waals surface area contributed by atoms with E-state index >= 15 is 0 Å². The second-order valence-corrected chi connectivity index (χ2v) is 24.0. The molecule has 7 N–H and O–H groups in total. The SMILES string of the molecule is CC(C)(C)OC(=O)NC(Cc1cc(F)cc(F)c1)C(O)CN.CC(C)Oc1ccc2c(c1)C(Br)COC2(C)C.CC(C)Oc1ccc2c(c1)C(NCC(O)C(Cc1cc(F)cc(F)c1)NC(=O)OC(C)(C)C)COC2(C)C.O=CO[O-].[Cs+].[Cs+].[H-]. The minimum Gasteiger partial charge on any atom is -1.00 e. The minimum absolute atomic E-state index is 0. The van der Waals surface area contributed by atoms with Gasteiger partial charge in [-0.15, -0.1) is 0 Å². The van der Waals surface area contributed by atoms with Crippen molar-refractivity contribution in [3.8, 4) is 11.5 Å². The molecular weight excluding hydrogens is 1390 g/mol. The third-order valence-corrected chi connectivity index (χ3v) is 12.7. The molecule has 17 nitrogen and oxygen atoms in total. The number of amides is 2. The van der Waals surface area contributed by atoms with Crippen LogP contribution in [0.3, 0.4) is 0 Å². The molecule has 4 aromatic rings. The molecule has 6 rings (SSSR count). The van der Waals surface area contributed by atoms with Crippen molar-refractivity contribution in [2.24, 2.45) is 5.73 Å². The first kappa shape index (κ1) is 79.5. The van der Waals surface area contributed by atoms with Gasteiger partial charge >= 0.3 is 150 Å². The third-order valence-electron chi connectivity index (χ3n) is 11.9. The summed E-state index contributed by atoms with van der Waals surface area (Å²) in [6, 6.07) is 16.3. The Bertz CT molecular complexity index is 2630. The van der Waals surface area contributed by atoms with Gasteiger partial charge in [0, 0.05) is 25.2 Å². The molecule has 454 valence electrons. The summed E-state index contributed by atoms with van der Waals surface area (Å²) >= 11 is 3.66. The van der Waals surface area contributed by atoms with Crippen molar-refractivity contribution in [1.29, 1.82) is 0 Å². The van der Waals surface area contributed by atoms with Gasteiger partial charge in [-0.05, 0) is 192 Å². The number of fused-ring (bicyclic) bond motifs is 2. The van der Waals surface area contributed by atoms with Crippen LogP contribution >= 0.6 is 15.9 Å². The van der Waals surface area contributed by atoms with E-state index in [9.17, 15) is 37.4 Å². The van der Waals surface area contributed by atoms with E-state index in [1.807, 2.05) is 65.8 Å². The number of aliphatic hydroxyl groups is 2. The fourth-order valence-electron chi connectivity index (χ4n) is 8.51. The van der Waals surface area contributed by atoms with Gasteiger partial charge in [-0.2, -0.15) is 0 Å². The number of benzene rings is 4. The van der Waals surface area contributed by atoms with Gasteiger partial charge in [0.05, 0.1) is 71.8 Å². The monoisotopic (exact) mass is 1480 g/mol. The van der Waals surface area contributed by atoms with E-state index < -0.39 is 76.6 Å². The van der Waals surface area contributed by atoms with Crippen LogP contribution in [0.2, 0.25) is 0 Å². The fourth-order valence-corrected chi connectivity index (χ4v) is 9.02. The molecule has 2 amide bonds. The average molecular weight is 1480 g/mol. The Hall–Kier alpha value is -1.49. The number of ether oxygens (including phenoxy) is 6. The van der Waals surface area contributed by atoms with Crippen LogP contribution in [0.25, 0.3) is 0 Å². The van der Waals surface area contributed by atoms with Crippen molar-refractivity contribution in [3.05, 3.63) is 129 Å². The summed E-state index contributed by atoms with van der Waals surface area (Å²) < 4.78 is 88.1. The van der Waals surface area contributed by atoms with Crippen LogP contribution in [0, 0.1) is 23.3 Å². The van der Waals surface area contributed by atoms with Gasteiger partial charge in [0.15, 0.2) is 0 Å². The maximum atomic E-state index is 13.8. The molecule has 0 fully saturated rings. The molecule has 6 unspecified atom stereocenters. The Balaban J connectivity index is 0.00000127. The topological polar surface area (TPSA) is 241 Å². The summed E-state index contributed by atoms with van der Waals surface area (Å²) in [5, 5.41) is 37.9. The molecule has 0 radical (unpaired) electrons. The molecule has 83 heavy (non-hydrogen) atoms. The molecule has 6 atom stereocenters. The molecule has 2 aliphatic heterocycles. The van der Waals surface area contributed by atoms with Crippen LogP contribution in [0.5, 0.6) is 11.5 Å². The van der Waals surface area contributed by atoms with Gasteiger partial charge in [0.2, 0.25) is 0 Å². The van der Waals surface area contributed by atoms with Crippen LogP contribution in [0.1, 0.15) is 143 Å². The Kier molecular flexibility index (Phi) is 35.3. The van der Waals surface area contributed by atoms with E-state index in [0.717, 1.165) is 46.9 Å². The molecule has 0 saturated carbocycles. The summed E-state index contributed by atoms with van der Waals surface area (Å²) in [5.41, 5.74) is 8.35. The molecule has 0 aliphatic carbocycles. The largest absolute Gasteiger partial charge is 1.00 e. The quantitative estimate of drug-likeness (QED) is 0.0291. The van der Waals surface area contributed by atoms with Crippen molar-refractivity contribution < 1.29 is 220 Å². The Morgan fingerprint density at radius 3 is 1.45 bits per heavy atom. The number of alkyl halides is 1. The summed E-state index contributed by atoms with van der Waals surface area (Å²) in [7, 11) is 0. The van der Waals surface area contributed by atoms with Gasteiger partial charge in [0.25, 0.3) is 6.47 Å². The van der Waals surface area contributed by atoms with Crippen molar-refractivity contribution in [2.45, 2.75) is 180 Å². The minimum atomic E-state index is -1.11. The maximum absolute atomic E-state index is 13.8. The first-order valence-electron chi connectivity index (χ1n) is 26.5. The number of aliphatic hydroxyl groups excluding tert-OH is 2. The van der Waals surface area contributed by atoms with Crippen LogP contribution < -0.4 is 174 Å². The van der Waals surface area contributed by atoms with E-state index in [4.69, 9.17) is 44.2 Å². The fraction of sp³-hybridized carbons (Fsp3) is 0.542. The second-order valence-electron chi connectivity index (χ2n) is 22.9. The Labute approximate surface area is 614 Å². The molecule has 0 saturated heterocycles. The van der Waals surface area contributed by atoms with E-state index in [1.54, 1.807) is 41.5 Å². The van der Waals surface area contributed by atoms with Gasteiger partial charge < -0.3 is 71.9 Å². The first-order chi connectivity index (χ1) is 37.5. The number of alkyl carbamates (subject to hydrolysis) is 2. The summed E-state index contributed by atoms with van der Waals surface area (Å²) in [6.07, 6.45) is -3.42. The van der Waals surface area contributed by atoms with Gasteiger partial charge in [0.1, 0.15) is 46.0 Å². The number of halogens is 5. The average Bonchev–Trinajstić information content (AvgIpc) is 3.13. The zero-order chi connectivity index (χ0) is 61.2. The van der Waals surface area contributed by atoms with Gasteiger partial charge in [-0.1, -0.05) is 28.1 Å². The molecule has 0 aromatic heterocycles. The van der Waals surface area contributed by atoms with Crippen LogP contribution in [-0.2, 0) is 52.7 Å². The van der Waals surface area contributed by atoms with E-state index in [-0.39, 0.29) is 200 Å². The standard InChI is InChI=1S/C29H40F2N2O5.C15H22F2N2O3.C14H19BrO2.CH2O3.2Cs.H/c1-17(2)37-21-8-9-23-22(14-21)25(16-36-29(23,6)7)32-15-26(34)24(33-27(35)38-28(3,4)5)12-18-10-19(30)13-20(31)11-18;1-15(2,3)22-14(21)19-12(13(20)8-18)6-9-4-10(16)7-11(17)5-9;1-9(2)17-10-5-6-12-11(7-10)13(15)8-16-14(12,3)4;2-1-4-3;;;/h8-11,13-14,17,24-26,32,34H,12,15-16H2,1-7H3,(H,33,35);4-5,7,12-13,20H,6,8,18H2,1-3H3,(H,19,21);5-7,9,13H,8H2,1-4H3;1,3H;;;/q;;;;2*+1;-1/p-1. The van der Waals surface area contributed by atoms with Gasteiger partial charge in [-0.3, -0.25) is 4.79 Å². The summed E-state index contributed by atoms with van der Waals surface area (Å²) in [5.74, 6) is -1.26. The second kappa shape index (κ2) is 36.9. The van der Waals surface area contributed by atoms with Crippen molar-refractivity contribution in [2.75, 3.05) is 26.3 Å². The van der Waals surface area contributed by atoms with Crippen molar-refractivity contribution in [1.82, 2.24) is 16.0 Å². The zero-order valence-corrected chi connectivity index (χ0v) is 64.9. The smallest absolute Gasteiger partial charge is 1.00 e. The van der Waals surface area contributed by atoms with Crippen LogP contribution in [0.15, 0.2) is 72.8 Å². The normalized spacial score (nSPS) is 17.1. The summed E-state index contributed by atoms with van der Waals surface area (Å²) in [6.45, 7) is 27.3. The number of carbonyl (C=O) groups is 3. The first-order valence-corrected chi connectivity index (χ1v) is 27.4. The number of carbonyl (C=O) groups excluding carboxylic acids is 3. The number of nitrogens with two attached hydrogens (primary N) is 1. The molecule has 0 spiro atoms. The molecule has 2 heterocycles. The Morgan fingerprint density at radius 2 is 1.07 bits per heavy atom. The van der Waals surface area contributed by atoms with E-state index in [2.05, 4.69) is 62.7 Å². The molecule has 4 aromatic carbocycles. The predicted octanol–water partition coefficient (Wildman–Crippen LogP) is 3.60. The van der Waals surface area contributed by atoms with Crippen molar-refractivity contribution >= 4 is 34.6 Å². The maximum Gasteiger partial charge on any atom is 1.00 e. The summed E-state index contributed by atoms with van der Waals surface area (Å²) in [4.78, 5) is 35.8. The van der Waals surface area contributed by atoms with Gasteiger partial charge in [-0.25, -0.2) is 27.2 Å². The number of nitrogens with one attached hydrogen (secondary N) is 3. The molecule has 24 heteroatoms. The Morgan fingerprint density at radius 1 is 0.699 bits per heavy atom.